The highest BCUT2D eigenvalue weighted by Crippen LogP contribution is 2.14. The molecule has 0 atom stereocenters. The van der Waals surface area contributed by atoms with Crippen molar-refractivity contribution in [1.82, 2.24) is 4.83 Å². The van der Waals surface area contributed by atoms with Crippen LogP contribution in [0.1, 0.15) is 16.9 Å². The van der Waals surface area contributed by atoms with Gasteiger partial charge in [0.05, 0.1) is 17.4 Å². The van der Waals surface area contributed by atoms with Crippen LogP contribution < -0.4 is 4.83 Å². The minimum atomic E-state index is -3.64. The molecular weight excluding hydrogens is 264 g/mol. The molecule has 1 aromatic carbocycles. The summed E-state index contributed by atoms with van der Waals surface area (Å²) in [6, 6.07) is 8.29. The second-order valence-electron chi connectivity index (χ2n) is 4.11. The number of hydrazone groups is 1. The zero-order valence-corrected chi connectivity index (χ0v) is 11.4. The number of furan rings is 1. The highest BCUT2D eigenvalue weighted by molar-refractivity contribution is 7.89. The van der Waals surface area contributed by atoms with Crippen molar-refractivity contribution in [2.75, 3.05) is 0 Å². The lowest BCUT2D eigenvalue weighted by Gasteiger charge is -2.05. The Morgan fingerprint density at radius 1 is 1.21 bits per heavy atom. The minimum Gasteiger partial charge on any atom is -0.463 e. The molecule has 0 aliphatic rings. The van der Waals surface area contributed by atoms with E-state index in [0.717, 1.165) is 11.1 Å². The van der Waals surface area contributed by atoms with E-state index in [2.05, 4.69) is 9.93 Å². The molecule has 5 nitrogen and oxygen atoms in total. The maximum Gasteiger partial charge on any atom is 0.276 e. The Bertz CT molecular complexity index is 689. The number of rotatable bonds is 4. The van der Waals surface area contributed by atoms with E-state index >= 15 is 0 Å². The fraction of sp³-hybridized carbons (Fsp3) is 0.154. The Balaban J connectivity index is 2.16. The number of nitrogens with zero attached hydrogens (tertiary/aromatic N) is 1. The number of benzene rings is 1. The maximum absolute atomic E-state index is 12.0. The van der Waals surface area contributed by atoms with Crippen LogP contribution in [0.4, 0.5) is 0 Å². The van der Waals surface area contributed by atoms with Crippen molar-refractivity contribution >= 4 is 16.2 Å². The van der Waals surface area contributed by atoms with Gasteiger partial charge in [-0.3, -0.25) is 0 Å². The molecule has 0 aliphatic carbocycles. The molecular formula is C13H14N2O3S. The number of aryl methyl sites for hydroxylation is 2. The summed E-state index contributed by atoms with van der Waals surface area (Å²) >= 11 is 0. The minimum absolute atomic E-state index is 0.187. The van der Waals surface area contributed by atoms with Gasteiger partial charge in [-0.15, -0.1) is 0 Å². The van der Waals surface area contributed by atoms with Crippen LogP contribution in [-0.2, 0) is 10.0 Å². The first kappa shape index (κ1) is 13.4. The quantitative estimate of drug-likeness (QED) is 0.688. The van der Waals surface area contributed by atoms with E-state index in [4.69, 9.17) is 4.42 Å². The molecule has 100 valence electrons. The van der Waals surface area contributed by atoms with Crippen LogP contribution in [0.5, 0.6) is 0 Å². The van der Waals surface area contributed by atoms with Gasteiger partial charge in [-0.2, -0.15) is 18.4 Å². The van der Waals surface area contributed by atoms with Crippen LogP contribution in [0.25, 0.3) is 0 Å². The molecule has 0 amide bonds. The van der Waals surface area contributed by atoms with E-state index < -0.39 is 10.0 Å². The summed E-state index contributed by atoms with van der Waals surface area (Å²) in [6.45, 7) is 3.79. The van der Waals surface area contributed by atoms with E-state index in [1.54, 1.807) is 30.3 Å². The van der Waals surface area contributed by atoms with Crippen molar-refractivity contribution in [3.63, 3.8) is 0 Å². The lowest BCUT2D eigenvalue weighted by Crippen LogP contribution is -2.18. The topological polar surface area (TPSA) is 71.7 Å². The third-order valence-corrected chi connectivity index (χ3v) is 3.92. The summed E-state index contributed by atoms with van der Waals surface area (Å²) in [4.78, 5) is 2.33. The molecule has 1 heterocycles. The summed E-state index contributed by atoms with van der Waals surface area (Å²) in [6.07, 6.45) is 2.79. The molecule has 0 bridgehead atoms. The Kier molecular flexibility index (Phi) is 3.71. The Morgan fingerprint density at radius 2 is 2.00 bits per heavy atom. The molecule has 1 N–H and O–H groups in total. The maximum atomic E-state index is 12.0. The van der Waals surface area contributed by atoms with E-state index in [9.17, 15) is 8.42 Å². The predicted octanol–water partition coefficient (Wildman–Crippen LogP) is 2.21. The number of nitrogens with one attached hydrogen (secondary N) is 1. The van der Waals surface area contributed by atoms with Crippen LogP contribution in [0.2, 0.25) is 0 Å². The second-order valence-corrected chi connectivity index (χ2v) is 5.78. The zero-order valence-electron chi connectivity index (χ0n) is 10.6. The standard InChI is InChI=1S/C13H14N2O3S/c1-10-5-6-13(8-11(10)2)19(16,17)15-14-9-12-4-3-7-18-12/h3-9,15H,1-2H3/b14-9+. The monoisotopic (exact) mass is 278 g/mol. The van der Waals surface area contributed by atoms with Crippen molar-refractivity contribution in [3.05, 3.63) is 53.5 Å². The molecule has 0 saturated carbocycles. The van der Waals surface area contributed by atoms with Gasteiger partial charge >= 0.3 is 0 Å². The van der Waals surface area contributed by atoms with Gasteiger partial charge in [0, 0.05) is 0 Å². The molecule has 6 heteroatoms. The fourth-order valence-electron chi connectivity index (χ4n) is 1.46. The summed E-state index contributed by atoms with van der Waals surface area (Å²) < 4.78 is 28.9. The third kappa shape index (κ3) is 3.23. The Hall–Kier alpha value is -2.08. The molecule has 0 spiro atoms. The van der Waals surface area contributed by atoms with Crippen LogP contribution in [-0.4, -0.2) is 14.6 Å². The smallest absolute Gasteiger partial charge is 0.276 e. The van der Waals surface area contributed by atoms with E-state index in [1.807, 2.05) is 13.8 Å². The van der Waals surface area contributed by atoms with E-state index in [-0.39, 0.29) is 4.90 Å². The van der Waals surface area contributed by atoms with Gasteiger partial charge in [-0.1, -0.05) is 6.07 Å². The molecule has 0 fully saturated rings. The van der Waals surface area contributed by atoms with Gasteiger partial charge in [-0.25, -0.2) is 0 Å². The first-order valence-electron chi connectivity index (χ1n) is 5.65. The largest absolute Gasteiger partial charge is 0.463 e. The Labute approximate surface area is 112 Å². The molecule has 0 unspecified atom stereocenters. The van der Waals surface area contributed by atoms with Crippen LogP contribution in [0.3, 0.4) is 0 Å². The highest BCUT2D eigenvalue weighted by Gasteiger charge is 2.13. The number of sulfonamides is 1. The van der Waals surface area contributed by atoms with Gasteiger partial charge in [0.1, 0.15) is 5.76 Å². The summed E-state index contributed by atoms with van der Waals surface area (Å²) in [5.74, 6) is 0.475. The molecule has 19 heavy (non-hydrogen) atoms. The molecule has 0 saturated heterocycles. The highest BCUT2D eigenvalue weighted by atomic mass is 32.2. The first-order valence-corrected chi connectivity index (χ1v) is 7.13. The van der Waals surface area contributed by atoms with Crippen molar-refractivity contribution in [2.45, 2.75) is 18.7 Å². The summed E-state index contributed by atoms with van der Waals surface area (Å²) in [7, 11) is -3.64. The lowest BCUT2D eigenvalue weighted by molar-refractivity contribution is 0.559. The average molecular weight is 278 g/mol. The van der Waals surface area contributed by atoms with Gasteiger partial charge in [0.2, 0.25) is 0 Å². The van der Waals surface area contributed by atoms with Gasteiger partial charge in [0.25, 0.3) is 10.0 Å². The first-order chi connectivity index (χ1) is 8.99. The predicted molar refractivity (Wildman–Crippen MR) is 72.5 cm³/mol. The van der Waals surface area contributed by atoms with Gasteiger partial charge < -0.3 is 4.42 Å². The molecule has 1 aromatic heterocycles. The van der Waals surface area contributed by atoms with Gasteiger partial charge in [0.15, 0.2) is 0 Å². The average Bonchev–Trinajstić information content (AvgIpc) is 2.85. The van der Waals surface area contributed by atoms with Crippen LogP contribution in [0.15, 0.2) is 51.0 Å². The number of hydrogen-bond acceptors (Lipinski definition) is 4. The summed E-state index contributed by atoms with van der Waals surface area (Å²) in [5, 5.41) is 3.66. The van der Waals surface area contributed by atoms with Crippen molar-refractivity contribution in [2.24, 2.45) is 5.10 Å². The summed E-state index contributed by atoms with van der Waals surface area (Å²) in [5.41, 5.74) is 1.95. The van der Waals surface area contributed by atoms with Crippen molar-refractivity contribution < 1.29 is 12.8 Å². The third-order valence-electron chi connectivity index (χ3n) is 2.70. The molecule has 0 aliphatic heterocycles. The molecule has 2 rings (SSSR count). The Morgan fingerprint density at radius 3 is 2.63 bits per heavy atom. The van der Waals surface area contributed by atoms with E-state index in [1.165, 1.54) is 12.5 Å². The normalized spacial score (nSPS) is 11.9. The van der Waals surface area contributed by atoms with Crippen molar-refractivity contribution in [3.8, 4) is 0 Å². The lowest BCUT2D eigenvalue weighted by atomic mass is 10.1. The van der Waals surface area contributed by atoms with Crippen LogP contribution >= 0.6 is 0 Å². The second kappa shape index (κ2) is 5.27. The molecule has 2 aromatic rings. The van der Waals surface area contributed by atoms with Gasteiger partial charge in [-0.05, 0) is 49.2 Å². The fourth-order valence-corrected chi connectivity index (χ4v) is 2.33. The SMILES string of the molecule is Cc1ccc(S(=O)(=O)N/N=C/c2ccco2)cc1C. The zero-order chi connectivity index (χ0) is 13.9. The number of hydrogen-bond donors (Lipinski definition) is 1. The van der Waals surface area contributed by atoms with E-state index in [0.29, 0.717) is 5.76 Å². The molecule has 0 radical (unpaired) electrons. The van der Waals surface area contributed by atoms with Crippen LogP contribution in [0, 0.1) is 13.8 Å². The van der Waals surface area contributed by atoms with Crippen molar-refractivity contribution in [1.29, 1.82) is 0 Å².